The Balaban J connectivity index is 2.37. The molecule has 25 heavy (non-hydrogen) atoms. The van der Waals surface area contributed by atoms with E-state index >= 15 is 0 Å². The Morgan fingerprint density at radius 1 is 1.24 bits per heavy atom. The van der Waals surface area contributed by atoms with Gasteiger partial charge in [-0.2, -0.15) is 0 Å². The normalized spacial score (nSPS) is 11.6. The van der Waals surface area contributed by atoms with Gasteiger partial charge in [-0.25, -0.2) is 0 Å². The molecule has 2 rings (SSSR count). The van der Waals surface area contributed by atoms with E-state index in [1.807, 2.05) is 0 Å². The molecule has 2 aromatic carbocycles. The first-order valence-electron chi connectivity index (χ1n) is 7.29. The predicted molar refractivity (Wildman–Crippen MR) is 89.1 cm³/mol. The first-order chi connectivity index (χ1) is 11.8. The zero-order chi connectivity index (χ0) is 18.6. The van der Waals surface area contributed by atoms with E-state index in [0.717, 1.165) is 0 Å². The molecule has 1 N–H and O–H groups in total. The monoisotopic (exact) mass is 361 g/mol. The number of carbonyl (C=O) groups is 2. The number of carboxylic acids is 1. The summed E-state index contributed by atoms with van der Waals surface area (Å²) in [5.74, 6) is -2.12. The average molecular weight is 362 g/mol. The van der Waals surface area contributed by atoms with Gasteiger partial charge in [0.05, 0.1) is 11.0 Å². The van der Waals surface area contributed by atoms with Crippen LogP contribution in [0.4, 0.5) is 5.69 Å². The summed E-state index contributed by atoms with van der Waals surface area (Å²) in [5.41, 5.74) is 0.325. The first kappa shape index (κ1) is 18.4. The Hall–Kier alpha value is -2.93. The van der Waals surface area contributed by atoms with Crippen LogP contribution in [0.3, 0.4) is 0 Å². The highest BCUT2D eigenvalue weighted by molar-refractivity contribution is 6.30. The molecule has 0 saturated carbocycles. The van der Waals surface area contributed by atoms with E-state index in [2.05, 4.69) is 5.32 Å². The van der Waals surface area contributed by atoms with Gasteiger partial charge in [-0.05, 0) is 30.7 Å². The van der Waals surface area contributed by atoms with Crippen LogP contribution in [0.1, 0.15) is 33.9 Å². The van der Waals surface area contributed by atoms with Gasteiger partial charge in [0.15, 0.2) is 0 Å². The molecule has 0 radical (unpaired) electrons. The molecule has 0 aliphatic carbocycles. The van der Waals surface area contributed by atoms with Crippen LogP contribution in [0, 0.1) is 17.0 Å². The second kappa shape index (κ2) is 7.76. The zero-order valence-corrected chi connectivity index (χ0v) is 13.9. The molecule has 0 fully saturated rings. The van der Waals surface area contributed by atoms with Crippen molar-refractivity contribution in [1.29, 1.82) is 0 Å². The van der Waals surface area contributed by atoms with Crippen LogP contribution in [0.5, 0.6) is 0 Å². The van der Waals surface area contributed by atoms with Crippen molar-refractivity contribution < 1.29 is 19.6 Å². The van der Waals surface area contributed by atoms with Gasteiger partial charge in [0, 0.05) is 23.0 Å². The van der Waals surface area contributed by atoms with Gasteiger partial charge >= 0.3 is 0 Å². The molecule has 0 saturated heterocycles. The maximum Gasteiger partial charge on any atom is 0.285 e. The molecule has 0 spiro atoms. The van der Waals surface area contributed by atoms with Gasteiger partial charge in [-0.3, -0.25) is 14.9 Å². The summed E-state index contributed by atoms with van der Waals surface area (Å²) in [6.07, 6.45) is -0.494. The van der Waals surface area contributed by atoms with E-state index < -0.39 is 29.3 Å². The second-order valence-corrected chi connectivity index (χ2v) is 5.82. The summed E-state index contributed by atoms with van der Waals surface area (Å²) in [5, 5.41) is 25.1. The van der Waals surface area contributed by atoms with E-state index in [1.54, 1.807) is 18.2 Å². The molecule has 0 aliphatic rings. The highest BCUT2D eigenvalue weighted by Gasteiger charge is 2.25. The lowest BCUT2D eigenvalue weighted by Gasteiger charge is -2.20. The number of para-hydroxylation sites is 1. The number of aryl methyl sites for hydroxylation is 1. The Morgan fingerprint density at radius 3 is 2.52 bits per heavy atom. The fourth-order valence-electron chi connectivity index (χ4n) is 2.46. The Kier molecular flexibility index (Phi) is 5.71. The van der Waals surface area contributed by atoms with Gasteiger partial charge in [0.2, 0.25) is 0 Å². The van der Waals surface area contributed by atoms with E-state index in [0.29, 0.717) is 16.1 Å². The van der Waals surface area contributed by atoms with Crippen molar-refractivity contribution in [3.8, 4) is 0 Å². The first-order valence-corrected chi connectivity index (χ1v) is 7.67. The van der Waals surface area contributed by atoms with E-state index in [4.69, 9.17) is 11.6 Å². The van der Waals surface area contributed by atoms with Crippen molar-refractivity contribution in [1.82, 2.24) is 5.32 Å². The molecule has 0 aromatic heterocycles. The van der Waals surface area contributed by atoms with Gasteiger partial charge in [0.25, 0.3) is 11.6 Å². The summed E-state index contributed by atoms with van der Waals surface area (Å²) in [6.45, 7) is 1.52. The van der Waals surface area contributed by atoms with Crippen molar-refractivity contribution in [2.24, 2.45) is 0 Å². The summed E-state index contributed by atoms with van der Waals surface area (Å²) in [6, 6.07) is 9.75. The van der Waals surface area contributed by atoms with Crippen molar-refractivity contribution in [2.75, 3.05) is 0 Å². The minimum atomic E-state index is -1.37. The maximum absolute atomic E-state index is 12.5. The Bertz CT molecular complexity index is 838. The number of nitro benzene ring substituents is 1. The SMILES string of the molecule is Cc1cccc(C(=O)N[C@@H](CC(=O)[O-])c2cccc(Cl)c2)c1[N+](=O)[O-]. The van der Waals surface area contributed by atoms with Gasteiger partial charge in [-0.1, -0.05) is 35.9 Å². The number of amides is 1. The maximum atomic E-state index is 12.5. The molecule has 0 bridgehead atoms. The van der Waals surface area contributed by atoms with Gasteiger partial charge < -0.3 is 15.2 Å². The van der Waals surface area contributed by atoms with Crippen molar-refractivity contribution >= 4 is 29.2 Å². The molecule has 2 aromatic rings. The zero-order valence-electron chi connectivity index (χ0n) is 13.2. The number of hydrogen-bond donors (Lipinski definition) is 1. The Morgan fingerprint density at radius 2 is 1.92 bits per heavy atom. The minimum Gasteiger partial charge on any atom is -0.550 e. The quantitative estimate of drug-likeness (QED) is 0.625. The number of nitrogens with zero attached hydrogens (tertiary/aromatic N) is 1. The van der Waals surface area contributed by atoms with E-state index in [9.17, 15) is 24.8 Å². The van der Waals surface area contributed by atoms with Crippen LogP contribution < -0.4 is 10.4 Å². The smallest absolute Gasteiger partial charge is 0.285 e. The number of rotatable bonds is 6. The van der Waals surface area contributed by atoms with Crippen LogP contribution in [-0.4, -0.2) is 16.8 Å². The van der Waals surface area contributed by atoms with E-state index in [-0.39, 0.29) is 11.3 Å². The number of nitrogens with one attached hydrogen (secondary N) is 1. The summed E-state index contributed by atoms with van der Waals surface area (Å²) < 4.78 is 0. The van der Waals surface area contributed by atoms with Gasteiger partial charge in [-0.15, -0.1) is 0 Å². The van der Waals surface area contributed by atoms with Crippen LogP contribution >= 0.6 is 11.6 Å². The number of benzene rings is 2. The van der Waals surface area contributed by atoms with Crippen LogP contribution in [0.25, 0.3) is 0 Å². The molecule has 0 aliphatic heterocycles. The highest BCUT2D eigenvalue weighted by atomic mass is 35.5. The second-order valence-electron chi connectivity index (χ2n) is 5.39. The third-order valence-electron chi connectivity index (χ3n) is 3.59. The summed E-state index contributed by atoms with van der Waals surface area (Å²) in [7, 11) is 0. The number of halogens is 1. The molecule has 1 amide bonds. The molecule has 7 nitrogen and oxygen atoms in total. The fourth-order valence-corrected chi connectivity index (χ4v) is 2.66. The van der Waals surface area contributed by atoms with Crippen LogP contribution in [0.2, 0.25) is 5.02 Å². The van der Waals surface area contributed by atoms with Crippen LogP contribution in [0.15, 0.2) is 42.5 Å². The minimum absolute atomic E-state index is 0.143. The molecule has 0 unspecified atom stereocenters. The summed E-state index contributed by atoms with van der Waals surface area (Å²) in [4.78, 5) is 34.1. The third kappa shape index (κ3) is 4.54. The number of carboxylic acid groups (broad SMARTS) is 1. The van der Waals surface area contributed by atoms with Crippen molar-refractivity contribution in [2.45, 2.75) is 19.4 Å². The number of hydrogen-bond acceptors (Lipinski definition) is 5. The molecule has 8 heteroatoms. The van der Waals surface area contributed by atoms with E-state index in [1.165, 1.54) is 31.2 Å². The largest absolute Gasteiger partial charge is 0.550 e. The number of nitro groups is 1. The average Bonchev–Trinajstić information content (AvgIpc) is 2.53. The van der Waals surface area contributed by atoms with Crippen LogP contribution in [-0.2, 0) is 4.79 Å². The molecular weight excluding hydrogens is 348 g/mol. The lowest BCUT2D eigenvalue weighted by Crippen LogP contribution is -2.34. The lowest BCUT2D eigenvalue weighted by molar-refractivity contribution is -0.385. The fraction of sp³-hybridized carbons (Fsp3) is 0.176. The topological polar surface area (TPSA) is 112 Å². The molecule has 130 valence electrons. The Labute approximate surface area is 148 Å². The predicted octanol–water partition coefficient (Wildman–Crippen LogP) is 2.17. The van der Waals surface area contributed by atoms with Crippen molar-refractivity contribution in [3.63, 3.8) is 0 Å². The van der Waals surface area contributed by atoms with Gasteiger partial charge in [0.1, 0.15) is 5.56 Å². The number of aliphatic carboxylic acids is 1. The molecule has 1 atom stereocenters. The number of carbonyl (C=O) groups excluding carboxylic acids is 2. The lowest BCUT2D eigenvalue weighted by atomic mass is 10.0. The van der Waals surface area contributed by atoms with Crippen molar-refractivity contribution in [3.05, 3.63) is 74.3 Å². The standard InChI is InChI=1S/C17H15ClN2O5/c1-10-4-2-7-13(16(10)20(24)25)17(23)19-14(9-15(21)22)11-5-3-6-12(18)8-11/h2-8,14H,9H2,1H3,(H,19,23)(H,21,22)/p-1/t14-/m0/s1. The summed E-state index contributed by atoms with van der Waals surface area (Å²) >= 11 is 5.90. The molecular formula is C17H14ClN2O5-. The highest BCUT2D eigenvalue weighted by Crippen LogP contribution is 2.25. The third-order valence-corrected chi connectivity index (χ3v) is 3.83. The molecule has 0 heterocycles.